The molecule has 6 nitrogen and oxygen atoms in total. The molecule has 1 aromatic rings. The number of carboxylic acid groups (broad SMARTS) is 1. The van der Waals surface area contributed by atoms with E-state index in [1.54, 1.807) is 6.92 Å². The standard InChI is InChI=1S/C14H18N2O4/c1-8-12(7-15-20-8)14(19)16-10-2-3-11(16)5-9(4-10)6-13(17)18/h7,9-11H,2-6H2,1H3,(H,17,18). The second kappa shape index (κ2) is 4.92. The predicted octanol–water partition coefficient (Wildman–Crippen LogP) is 1.84. The number of piperidine rings is 1. The largest absolute Gasteiger partial charge is 0.481 e. The van der Waals surface area contributed by atoms with Crippen molar-refractivity contribution in [3.05, 3.63) is 17.5 Å². The van der Waals surface area contributed by atoms with Gasteiger partial charge in [0.25, 0.3) is 5.91 Å². The number of carboxylic acids is 1. The molecule has 2 fully saturated rings. The first-order valence-corrected chi connectivity index (χ1v) is 7.02. The van der Waals surface area contributed by atoms with Crippen LogP contribution >= 0.6 is 0 Å². The van der Waals surface area contributed by atoms with Gasteiger partial charge >= 0.3 is 5.97 Å². The minimum atomic E-state index is -0.746. The van der Waals surface area contributed by atoms with Gasteiger partial charge in [-0.1, -0.05) is 5.16 Å². The van der Waals surface area contributed by atoms with Crippen LogP contribution < -0.4 is 0 Å². The van der Waals surface area contributed by atoms with Gasteiger partial charge in [0.05, 0.1) is 6.20 Å². The highest BCUT2D eigenvalue weighted by atomic mass is 16.5. The van der Waals surface area contributed by atoms with Crippen molar-refractivity contribution in [2.75, 3.05) is 0 Å². The molecule has 1 amide bonds. The quantitative estimate of drug-likeness (QED) is 0.912. The van der Waals surface area contributed by atoms with Gasteiger partial charge in [-0.25, -0.2) is 0 Å². The molecule has 2 bridgehead atoms. The number of amides is 1. The summed E-state index contributed by atoms with van der Waals surface area (Å²) >= 11 is 0. The van der Waals surface area contributed by atoms with Gasteiger partial charge in [0.15, 0.2) is 0 Å². The highest BCUT2D eigenvalue weighted by Gasteiger charge is 2.44. The fraction of sp³-hybridized carbons (Fsp3) is 0.643. The molecule has 108 valence electrons. The molecule has 2 saturated heterocycles. The van der Waals surface area contributed by atoms with Crippen LogP contribution in [0.25, 0.3) is 0 Å². The third-order valence-corrected chi connectivity index (χ3v) is 4.51. The summed E-state index contributed by atoms with van der Waals surface area (Å²) < 4.78 is 4.97. The second-order valence-corrected chi connectivity index (χ2v) is 5.83. The molecular formula is C14H18N2O4. The van der Waals surface area contributed by atoms with E-state index < -0.39 is 5.97 Å². The summed E-state index contributed by atoms with van der Waals surface area (Å²) in [6.45, 7) is 1.74. The number of nitrogens with zero attached hydrogens (tertiary/aromatic N) is 2. The van der Waals surface area contributed by atoms with Crippen molar-refractivity contribution in [1.29, 1.82) is 0 Å². The number of rotatable bonds is 3. The Hall–Kier alpha value is -1.85. The van der Waals surface area contributed by atoms with Gasteiger partial charge in [-0.05, 0) is 38.5 Å². The summed E-state index contributed by atoms with van der Waals surface area (Å²) in [7, 11) is 0. The first-order valence-electron chi connectivity index (χ1n) is 7.02. The maximum absolute atomic E-state index is 12.6. The van der Waals surface area contributed by atoms with E-state index in [1.165, 1.54) is 6.20 Å². The Morgan fingerprint density at radius 3 is 2.55 bits per heavy atom. The molecule has 2 atom stereocenters. The molecule has 2 aliphatic heterocycles. The number of carbonyl (C=O) groups excluding carboxylic acids is 1. The normalized spacial score (nSPS) is 28.6. The molecule has 2 aliphatic rings. The van der Waals surface area contributed by atoms with Gasteiger partial charge in [0, 0.05) is 18.5 Å². The zero-order valence-electron chi connectivity index (χ0n) is 11.4. The lowest BCUT2D eigenvalue weighted by molar-refractivity contribution is -0.138. The summed E-state index contributed by atoms with van der Waals surface area (Å²) in [6, 6.07) is 0.333. The van der Waals surface area contributed by atoms with Gasteiger partial charge in [0.1, 0.15) is 11.3 Å². The van der Waals surface area contributed by atoms with Crippen molar-refractivity contribution in [3.63, 3.8) is 0 Å². The summed E-state index contributed by atoms with van der Waals surface area (Å²) in [5.41, 5.74) is 0.526. The topological polar surface area (TPSA) is 83.6 Å². The van der Waals surface area contributed by atoms with E-state index in [-0.39, 0.29) is 30.3 Å². The molecular weight excluding hydrogens is 260 g/mol. The molecule has 20 heavy (non-hydrogen) atoms. The average molecular weight is 278 g/mol. The van der Waals surface area contributed by atoms with E-state index in [1.807, 2.05) is 4.90 Å². The van der Waals surface area contributed by atoms with Crippen LogP contribution in [0.2, 0.25) is 0 Å². The highest BCUT2D eigenvalue weighted by Crippen LogP contribution is 2.40. The molecule has 0 saturated carbocycles. The smallest absolute Gasteiger partial charge is 0.303 e. The first kappa shape index (κ1) is 13.1. The van der Waals surface area contributed by atoms with E-state index >= 15 is 0 Å². The van der Waals surface area contributed by atoms with E-state index in [9.17, 15) is 9.59 Å². The lowest BCUT2D eigenvalue weighted by Gasteiger charge is -2.38. The van der Waals surface area contributed by atoms with E-state index in [0.717, 1.165) is 25.7 Å². The lowest BCUT2D eigenvalue weighted by Crippen LogP contribution is -2.46. The zero-order chi connectivity index (χ0) is 14.3. The number of hydrogen-bond acceptors (Lipinski definition) is 4. The number of carbonyl (C=O) groups is 2. The number of aryl methyl sites for hydroxylation is 1. The minimum absolute atomic E-state index is 0.0231. The van der Waals surface area contributed by atoms with Crippen LogP contribution in [0, 0.1) is 12.8 Å². The molecule has 0 aromatic carbocycles. The summed E-state index contributed by atoms with van der Waals surface area (Å²) in [5.74, 6) is -0.0336. The monoisotopic (exact) mass is 278 g/mol. The average Bonchev–Trinajstić information content (AvgIpc) is 2.90. The fourth-order valence-corrected chi connectivity index (χ4v) is 3.68. The fourth-order valence-electron chi connectivity index (χ4n) is 3.68. The molecule has 1 N–H and O–H groups in total. The maximum atomic E-state index is 12.6. The van der Waals surface area contributed by atoms with Crippen molar-refractivity contribution < 1.29 is 19.2 Å². The van der Waals surface area contributed by atoms with Crippen molar-refractivity contribution in [3.8, 4) is 0 Å². The highest BCUT2D eigenvalue weighted by molar-refractivity contribution is 5.95. The number of aromatic nitrogens is 1. The summed E-state index contributed by atoms with van der Waals surface area (Å²) in [4.78, 5) is 25.4. The van der Waals surface area contributed by atoms with Gasteiger partial charge in [0.2, 0.25) is 0 Å². The molecule has 0 spiro atoms. The third kappa shape index (κ3) is 2.19. The summed E-state index contributed by atoms with van der Waals surface area (Å²) in [6.07, 6.45) is 5.20. The van der Waals surface area contributed by atoms with Crippen LogP contribution in [0.15, 0.2) is 10.7 Å². The Balaban J connectivity index is 1.76. The Morgan fingerprint density at radius 1 is 1.40 bits per heavy atom. The number of hydrogen-bond donors (Lipinski definition) is 1. The third-order valence-electron chi connectivity index (χ3n) is 4.51. The van der Waals surface area contributed by atoms with Gasteiger partial charge in [-0.2, -0.15) is 0 Å². The summed E-state index contributed by atoms with van der Waals surface area (Å²) in [5, 5.41) is 12.6. The van der Waals surface area contributed by atoms with Crippen LogP contribution in [0.1, 0.15) is 48.2 Å². The van der Waals surface area contributed by atoms with Gasteiger partial charge < -0.3 is 14.5 Å². The van der Waals surface area contributed by atoms with Gasteiger partial charge in [-0.3, -0.25) is 9.59 Å². The van der Waals surface area contributed by atoms with Crippen LogP contribution in [-0.2, 0) is 4.79 Å². The van der Waals surface area contributed by atoms with E-state index in [0.29, 0.717) is 11.3 Å². The molecule has 2 unspecified atom stereocenters. The zero-order valence-corrected chi connectivity index (χ0v) is 11.4. The minimum Gasteiger partial charge on any atom is -0.481 e. The van der Waals surface area contributed by atoms with Crippen molar-refractivity contribution >= 4 is 11.9 Å². The van der Waals surface area contributed by atoms with E-state index in [2.05, 4.69) is 5.16 Å². The van der Waals surface area contributed by atoms with Crippen LogP contribution in [0.3, 0.4) is 0 Å². The van der Waals surface area contributed by atoms with E-state index in [4.69, 9.17) is 9.63 Å². The molecule has 6 heteroatoms. The second-order valence-electron chi connectivity index (χ2n) is 5.83. The molecule has 3 rings (SSSR count). The van der Waals surface area contributed by atoms with Crippen LogP contribution in [0.4, 0.5) is 0 Å². The molecule has 3 heterocycles. The Labute approximate surface area is 116 Å². The predicted molar refractivity (Wildman–Crippen MR) is 69.2 cm³/mol. The Morgan fingerprint density at radius 2 is 2.05 bits per heavy atom. The van der Waals surface area contributed by atoms with Crippen molar-refractivity contribution in [1.82, 2.24) is 10.1 Å². The Kier molecular flexibility index (Phi) is 3.23. The SMILES string of the molecule is Cc1oncc1C(=O)N1C2CCC1CC(CC(=O)O)C2. The number of fused-ring (bicyclic) bond motifs is 2. The molecule has 1 aromatic heterocycles. The molecule has 0 aliphatic carbocycles. The van der Waals surface area contributed by atoms with Crippen molar-refractivity contribution in [2.24, 2.45) is 5.92 Å². The lowest BCUT2D eigenvalue weighted by atomic mass is 9.88. The van der Waals surface area contributed by atoms with Crippen LogP contribution in [0.5, 0.6) is 0 Å². The number of aliphatic carboxylic acids is 1. The maximum Gasteiger partial charge on any atom is 0.303 e. The Bertz CT molecular complexity index is 525. The van der Waals surface area contributed by atoms with Gasteiger partial charge in [-0.15, -0.1) is 0 Å². The first-order chi connectivity index (χ1) is 9.56. The van der Waals surface area contributed by atoms with Crippen molar-refractivity contribution in [2.45, 2.75) is 51.1 Å². The van der Waals surface area contributed by atoms with Crippen LogP contribution in [-0.4, -0.2) is 39.1 Å². The molecule has 0 radical (unpaired) electrons.